The lowest BCUT2D eigenvalue weighted by Gasteiger charge is -2.16. The Hall–Kier alpha value is -1.91. The number of hydrogen-bond acceptors (Lipinski definition) is 3. The summed E-state index contributed by atoms with van der Waals surface area (Å²) in [6.45, 7) is 2.54. The standard InChI is InChI=1S/C15H14NO2Si/c1-19-17-11-13-7-2-4-8-14(13)16-10-12-6-3-5-9-15(12)18-19/h2-10H,11H2,1H3. The molecule has 0 spiro atoms. The van der Waals surface area contributed by atoms with Crippen molar-refractivity contribution in [2.24, 2.45) is 4.99 Å². The summed E-state index contributed by atoms with van der Waals surface area (Å²) in [7, 11) is -1.31. The maximum absolute atomic E-state index is 5.88. The molecule has 0 aromatic heterocycles. The first-order valence-corrected chi connectivity index (χ1v) is 8.00. The van der Waals surface area contributed by atoms with Gasteiger partial charge in [-0.3, -0.25) is 4.99 Å². The smallest absolute Gasteiger partial charge is 0.454 e. The molecule has 0 fully saturated rings. The van der Waals surface area contributed by atoms with E-state index in [1.165, 1.54) is 0 Å². The molecule has 0 unspecified atom stereocenters. The van der Waals surface area contributed by atoms with Crippen LogP contribution < -0.4 is 4.43 Å². The third-order valence-corrected chi connectivity index (χ3v) is 4.00. The number of hydrogen-bond donors (Lipinski definition) is 0. The molecule has 3 nitrogen and oxygen atoms in total. The minimum atomic E-state index is -1.31. The van der Waals surface area contributed by atoms with Gasteiger partial charge in [-0.15, -0.1) is 0 Å². The van der Waals surface area contributed by atoms with Crippen LogP contribution in [0.25, 0.3) is 0 Å². The molecule has 0 aliphatic carbocycles. The van der Waals surface area contributed by atoms with Crippen LogP contribution in [0.3, 0.4) is 0 Å². The molecule has 0 saturated carbocycles. The summed E-state index contributed by atoms with van der Waals surface area (Å²) in [5.41, 5.74) is 3.02. The van der Waals surface area contributed by atoms with Crippen LogP contribution in [-0.2, 0) is 11.0 Å². The summed E-state index contributed by atoms with van der Waals surface area (Å²) in [5.74, 6) is 0.835. The van der Waals surface area contributed by atoms with E-state index in [2.05, 4.69) is 4.99 Å². The van der Waals surface area contributed by atoms with Gasteiger partial charge in [0.25, 0.3) is 0 Å². The fraction of sp³-hybridized carbons (Fsp3) is 0.133. The third-order valence-electron chi connectivity index (χ3n) is 2.94. The Bertz CT molecular complexity index is 613. The molecule has 1 radical (unpaired) electrons. The predicted molar refractivity (Wildman–Crippen MR) is 77.2 cm³/mol. The summed E-state index contributed by atoms with van der Waals surface area (Å²) in [6, 6.07) is 15.9. The zero-order valence-electron chi connectivity index (χ0n) is 10.7. The second-order valence-electron chi connectivity index (χ2n) is 4.31. The zero-order valence-corrected chi connectivity index (χ0v) is 11.7. The molecular formula is C15H14NO2Si. The Morgan fingerprint density at radius 3 is 2.79 bits per heavy atom. The summed E-state index contributed by atoms with van der Waals surface area (Å²) in [5, 5.41) is 0. The molecule has 19 heavy (non-hydrogen) atoms. The van der Waals surface area contributed by atoms with Crippen LogP contribution in [0.4, 0.5) is 5.69 Å². The van der Waals surface area contributed by atoms with Gasteiger partial charge in [0, 0.05) is 17.3 Å². The lowest BCUT2D eigenvalue weighted by Crippen LogP contribution is -2.22. The van der Waals surface area contributed by atoms with Crippen molar-refractivity contribution in [1.82, 2.24) is 0 Å². The molecule has 3 rings (SSSR count). The maximum atomic E-state index is 5.88. The molecule has 1 aliphatic heterocycles. The first-order valence-electron chi connectivity index (χ1n) is 6.18. The van der Waals surface area contributed by atoms with E-state index in [0.29, 0.717) is 6.61 Å². The quantitative estimate of drug-likeness (QED) is 0.685. The molecule has 95 valence electrons. The van der Waals surface area contributed by atoms with Crippen molar-refractivity contribution in [3.63, 3.8) is 0 Å². The molecule has 0 bridgehead atoms. The normalized spacial score (nSPS) is 15.2. The molecule has 2 aromatic carbocycles. The molecule has 1 heterocycles. The average molecular weight is 268 g/mol. The van der Waals surface area contributed by atoms with Gasteiger partial charge in [-0.1, -0.05) is 30.3 Å². The molecule has 0 amide bonds. The minimum Gasteiger partial charge on any atom is -0.518 e. The SMILES string of the molecule is C[Si]1OCc2ccccc2N=Cc2ccccc2O1. The Kier molecular flexibility index (Phi) is 3.44. The molecular weight excluding hydrogens is 254 g/mol. The average Bonchev–Trinajstić information content (AvgIpc) is 2.45. The highest BCUT2D eigenvalue weighted by Gasteiger charge is 2.15. The Labute approximate surface area is 114 Å². The minimum absolute atomic E-state index is 0.542. The van der Waals surface area contributed by atoms with Crippen molar-refractivity contribution in [2.75, 3.05) is 0 Å². The van der Waals surface area contributed by atoms with Gasteiger partial charge in [-0.2, -0.15) is 0 Å². The highest BCUT2D eigenvalue weighted by molar-refractivity contribution is 6.43. The lowest BCUT2D eigenvalue weighted by molar-refractivity contribution is 0.259. The Morgan fingerprint density at radius 2 is 1.84 bits per heavy atom. The summed E-state index contributed by atoms with van der Waals surface area (Å²) < 4.78 is 11.7. The fourth-order valence-corrected chi connectivity index (χ4v) is 2.86. The van der Waals surface area contributed by atoms with Crippen molar-refractivity contribution < 1.29 is 8.85 Å². The van der Waals surface area contributed by atoms with Crippen molar-refractivity contribution in [2.45, 2.75) is 13.2 Å². The van der Waals surface area contributed by atoms with Crippen LogP contribution in [0, 0.1) is 0 Å². The topological polar surface area (TPSA) is 30.8 Å². The molecule has 2 aromatic rings. The highest BCUT2D eigenvalue weighted by Crippen LogP contribution is 2.24. The predicted octanol–water partition coefficient (Wildman–Crippen LogP) is 3.46. The van der Waals surface area contributed by atoms with Crippen LogP contribution in [-0.4, -0.2) is 15.5 Å². The first kappa shape index (κ1) is 12.1. The molecule has 1 aliphatic rings. The van der Waals surface area contributed by atoms with Crippen LogP contribution >= 0.6 is 0 Å². The van der Waals surface area contributed by atoms with E-state index >= 15 is 0 Å². The number of nitrogens with zero attached hydrogens (tertiary/aromatic N) is 1. The second kappa shape index (κ2) is 5.38. The summed E-state index contributed by atoms with van der Waals surface area (Å²) >= 11 is 0. The monoisotopic (exact) mass is 268 g/mol. The van der Waals surface area contributed by atoms with Crippen molar-refractivity contribution in [3.8, 4) is 5.75 Å². The van der Waals surface area contributed by atoms with Gasteiger partial charge in [0.05, 0.1) is 12.3 Å². The van der Waals surface area contributed by atoms with E-state index < -0.39 is 9.28 Å². The molecule has 0 atom stereocenters. The van der Waals surface area contributed by atoms with Gasteiger partial charge in [-0.05, 0) is 24.7 Å². The van der Waals surface area contributed by atoms with E-state index in [1.807, 2.05) is 61.3 Å². The molecule has 4 heteroatoms. The fourth-order valence-electron chi connectivity index (χ4n) is 1.94. The number of benzene rings is 2. The van der Waals surface area contributed by atoms with Gasteiger partial charge in [0.15, 0.2) is 0 Å². The van der Waals surface area contributed by atoms with Gasteiger partial charge >= 0.3 is 9.28 Å². The van der Waals surface area contributed by atoms with Crippen molar-refractivity contribution in [1.29, 1.82) is 0 Å². The largest absolute Gasteiger partial charge is 0.518 e. The van der Waals surface area contributed by atoms with Gasteiger partial charge in [0.2, 0.25) is 0 Å². The summed E-state index contributed by atoms with van der Waals surface area (Å²) in [4.78, 5) is 4.54. The van der Waals surface area contributed by atoms with Crippen molar-refractivity contribution >= 4 is 21.2 Å². The number of aliphatic imine (C=N–C) groups is 1. The van der Waals surface area contributed by atoms with Gasteiger partial charge in [-0.25, -0.2) is 0 Å². The van der Waals surface area contributed by atoms with Gasteiger partial charge in [0.1, 0.15) is 5.75 Å². The first-order chi connectivity index (χ1) is 9.33. The number of fused-ring (bicyclic) bond motifs is 2. The van der Waals surface area contributed by atoms with E-state index in [1.54, 1.807) is 0 Å². The number of rotatable bonds is 0. The molecule has 0 saturated heterocycles. The van der Waals surface area contributed by atoms with E-state index in [-0.39, 0.29) is 0 Å². The second-order valence-corrected chi connectivity index (χ2v) is 5.78. The van der Waals surface area contributed by atoms with Crippen LogP contribution in [0.2, 0.25) is 6.55 Å². The van der Waals surface area contributed by atoms with Crippen LogP contribution in [0.1, 0.15) is 11.1 Å². The Morgan fingerprint density at radius 1 is 1.05 bits per heavy atom. The van der Waals surface area contributed by atoms with E-state index in [9.17, 15) is 0 Å². The van der Waals surface area contributed by atoms with Crippen LogP contribution in [0.5, 0.6) is 5.75 Å². The zero-order chi connectivity index (χ0) is 13.1. The van der Waals surface area contributed by atoms with Gasteiger partial charge < -0.3 is 8.85 Å². The number of para-hydroxylation sites is 2. The molecule has 0 N–H and O–H groups in total. The third kappa shape index (κ3) is 2.75. The van der Waals surface area contributed by atoms with E-state index in [4.69, 9.17) is 8.85 Å². The Balaban J connectivity index is 2.06. The van der Waals surface area contributed by atoms with Crippen LogP contribution in [0.15, 0.2) is 53.5 Å². The highest BCUT2D eigenvalue weighted by atomic mass is 28.3. The summed E-state index contributed by atoms with van der Waals surface area (Å²) in [6.07, 6.45) is 1.86. The van der Waals surface area contributed by atoms with E-state index in [0.717, 1.165) is 22.6 Å². The maximum Gasteiger partial charge on any atom is 0.454 e. The van der Waals surface area contributed by atoms with Crippen molar-refractivity contribution in [3.05, 3.63) is 59.7 Å². The lowest BCUT2D eigenvalue weighted by atomic mass is 10.2.